The Morgan fingerprint density at radius 2 is 1.72 bits per heavy atom. The fourth-order valence-electron chi connectivity index (χ4n) is 10.5. The van der Waals surface area contributed by atoms with Gasteiger partial charge in [-0.15, -0.1) is 0 Å². The first-order valence-corrected chi connectivity index (χ1v) is 21.0. The smallest absolute Gasteiger partial charge is 0.338 e. The maximum atomic E-state index is 16.1. The van der Waals surface area contributed by atoms with E-state index in [0.29, 0.717) is 76.6 Å². The monoisotopic (exact) mass is 819 g/mol. The van der Waals surface area contributed by atoms with E-state index in [9.17, 15) is 10.1 Å². The summed E-state index contributed by atoms with van der Waals surface area (Å²) in [5, 5.41) is 21.1. The Hall–Kier alpha value is -6.46. The summed E-state index contributed by atoms with van der Waals surface area (Å²) in [6, 6.07) is 16.7. The van der Waals surface area contributed by atoms with E-state index < -0.39 is 23.0 Å². The van der Waals surface area contributed by atoms with Crippen molar-refractivity contribution >= 4 is 27.7 Å². The highest BCUT2D eigenvalue weighted by atomic mass is 19.1. The lowest BCUT2D eigenvalue weighted by Gasteiger charge is -2.35. The summed E-state index contributed by atoms with van der Waals surface area (Å²) in [5.41, 5.74) is 4.94. The molecule has 1 aliphatic carbocycles. The number of nitriles is 1. The third kappa shape index (κ3) is 5.52. The fourth-order valence-corrected chi connectivity index (χ4v) is 10.5. The van der Waals surface area contributed by atoms with Gasteiger partial charge >= 0.3 is 5.69 Å². The van der Waals surface area contributed by atoms with Gasteiger partial charge in [-0.1, -0.05) is 19.1 Å². The van der Waals surface area contributed by atoms with Crippen molar-refractivity contribution in [3.8, 4) is 23.3 Å². The Balaban J connectivity index is 1.06. The van der Waals surface area contributed by atoms with Crippen LogP contribution in [0.3, 0.4) is 0 Å². The summed E-state index contributed by atoms with van der Waals surface area (Å²) in [4.78, 5) is 37.1. The van der Waals surface area contributed by atoms with Gasteiger partial charge in [0.05, 0.1) is 63.1 Å². The Bertz CT molecular complexity index is 3090. The van der Waals surface area contributed by atoms with Crippen molar-refractivity contribution in [3.63, 3.8) is 0 Å². The van der Waals surface area contributed by atoms with Crippen LogP contribution >= 0.6 is 0 Å². The number of hydrogen-bond donors (Lipinski definition) is 0. The lowest BCUT2D eigenvalue weighted by Crippen LogP contribution is -2.43. The summed E-state index contributed by atoms with van der Waals surface area (Å²) < 4.78 is 42.7. The SMILES string of the molecule is Cc1cc(-n2nc3c(c2-n2ccn(-c4ccc5c(cnn5C)c4F)c2=O)[C@@H]2CC[C@H](C3)N2C(=O)c2cc3ccc(C4CCOCC4)cc3nc2[C@@]2(C#N)C[C@@H]2C)cc(C)c1F. The van der Waals surface area contributed by atoms with E-state index in [0.717, 1.165) is 42.7 Å². The largest absolute Gasteiger partial charge is 0.381 e. The van der Waals surface area contributed by atoms with E-state index in [-0.39, 0.29) is 34.8 Å². The van der Waals surface area contributed by atoms with Crippen molar-refractivity contribution in [2.75, 3.05) is 13.2 Å². The van der Waals surface area contributed by atoms with Crippen LogP contribution in [0.25, 0.3) is 39.0 Å². The second-order valence-corrected chi connectivity index (χ2v) is 17.5. The Labute approximate surface area is 349 Å². The number of nitrogens with zero attached hydrogens (tertiary/aromatic N) is 9. The average molecular weight is 820 g/mol. The van der Waals surface area contributed by atoms with Crippen molar-refractivity contribution < 1.29 is 18.3 Å². The molecule has 0 unspecified atom stereocenters. The molecule has 4 aromatic heterocycles. The van der Waals surface area contributed by atoms with Gasteiger partial charge in [0.15, 0.2) is 5.82 Å². The lowest BCUT2D eigenvalue weighted by atomic mass is 9.89. The molecule has 0 N–H and O–H groups in total. The number of pyridine rings is 1. The van der Waals surface area contributed by atoms with Crippen molar-refractivity contribution in [2.45, 2.75) is 82.7 Å². The summed E-state index contributed by atoms with van der Waals surface area (Å²) in [7, 11) is 1.73. The normalized spacial score (nSPS) is 22.2. The van der Waals surface area contributed by atoms with Crippen LogP contribution in [0.4, 0.5) is 8.78 Å². The second kappa shape index (κ2) is 13.5. The molecule has 4 aliphatic rings. The zero-order valence-electron chi connectivity index (χ0n) is 34.3. The number of hydrogen-bond acceptors (Lipinski definition) is 7. The molecule has 2 bridgehead atoms. The van der Waals surface area contributed by atoms with Crippen LogP contribution in [0, 0.1) is 42.7 Å². The number of imidazole rings is 1. The molecule has 1 amide bonds. The standard InChI is InChI=1S/C47H43F2N9O3/c1-25-17-32(18-26(2)41(25)48)58-44(56-14-13-55(46(56)60)39-10-9-37-34(42(39)49)23-51-54(37)4)40-36(53-58)21-31-7-8-38(40)57(31)45(59)33-19-30-6-5-29(28-11-15-61-16-12-28)20-35(30)52-43(33)47(24-50)22-27(47)3/h5-6,9-10,13-14,17-20,23,27-28,31,38H,7-8,11-12,15-16,21-22H2,1-4H3/t27-,31+,38-,47+/m0/s1. The Morgan fingerprint density at radius 1 is 0.967 bits per heavy atom. The fraction of sp³-hybridized carbons (Fsp3) is 0.362. The molecule has 12 nitrogen and oxygen atoms in total. The minimum absolute atomic E-state index is 0.0319. The van der Waals surface area contributed by atoms with Crippen molar-refractivity contribution in [2.24, 2.45) is 13.0 Å². The minimum Gasteiger partial charge on any atom is -0.381 e. The van der Waals surface area contributed by atoms with Gasteiger partial charge in [0, 0.05) is 56.1 Å². The molecule has 11 rings (SSSR count). The van der Waals surface area contributed by atoms with Crippen molar-refractivity contribution in [1.29, 1.82) is 5.26 Å². The molecule has 7 heterocycles. The topological polar surface area (TPSA) is 129 Å². The molecule has 2 saturated heterocycles. The number of amides is 1. The predicted molar refractivity (Wildman–Crippen MR) is 223 cm³/mol. The Morgan fingerprint density at radius 3 is 2.46 bits per heavy atom. The molecule has 1 saturated carbocycles. The summed E-state index contributed by atoms with van der Waals surface area (Å²) in [5.74, 6) is -0.336. The molecule has 14 heteroatoms. The van der Waals surface area contributed by atoms with Gasteiger partial charge in [-0.2, -0.15) is 15.5 Å². The predicted octanol–water partition coefficient (Wildman–Crippen LogP) is 7.74. The van der Waals surface area contributed by atoms with Gasteiger partial charge in [0.1, 0.15) is 17.1 Å². The van der Waals surface area contributed by atoms with Crippen LogP contribution in [0.5, 0.6) is 0 Å². The molecule has 61 heavy (non-hydrogen) atoms. The van der Waals surface area contributed by atoms with Crippen LogP contribution in [-0.2, 0) is 23.6 Å². The van der Waals surface area contributed by atoms with E-state index in [1.54, 1.807) is 60.7 Å². The summed E-state index contributed by atoms with van der Waals surface area (Å²) >= 11 is 0. The summed E-state index contributed by atoms with van der Waals surface area (Å²) in [6.45, 7) is 6.84. The quantitative estimate of drug-likeness (QED) is 0.168. The molecular weight excluding hydrogens is 777 g/mol. The van der Waals surface area contributed by atoms with Crippen LogP contribution in [0.1, 0.15) is 95.0 Å². The van der Waals surface area contributed by atoms with Crippen LogP contribution in [0.2, 0.25) is 0 Å². The molecule has 0 spiro atoms. The number of rotatable bonds is 6. The van der Waals surface area contributed by atoms with Gasteiger partial charge in [0.2, 0.25) is 0 Å². The molecule has 0 radical (unpaired) electrons. The van der Waals surface area contributed by atoms with Gasteiger partial charge in [-0.3, -0.25) is 23.6 Å². The Kier molecular flexibility index (Phi) is 8.32. The maximum absolute atomic E-state index is 16.1. The van der Waals surface area contributed by atoms with Gasteiger partial charge in [0.25, 0.3) is 5.91 Å². The average Bonchev–Trinajstić information content (AvgIpc) is 3.65. The van der Waals surface area contributed by atoms with E-state index in [4.69, 9.17) is 14.8 Å². The molecule has 3 aliphatic heterocycles. The molecule has 7 aromatic rings. The zero-order valence-corrected chi connectivity index (χ0v) is 34.3. The highest BCUT2D eigenvalue weighted by Crippen LogP contribution is 2.55. The number of aryl methyl sites for hydroxylation is 3. The lowest BCUT2D eigenvalue weighted by molar-refractivity contribution is 0.0643. The minimum atomic E-state index is -0.882. The first-order chi connectivity index (χ1) is 29.5. The van der Waals surface area contributed by atoms with E-state index >= 15 is 13.6 Å². The number of carbonyl (C=O) groups excluding carboxylic acids is 1. The zero-order chi connectivity index (χ0) is 42.1. The van der Waals surface area contributed by atoms with Crippen molar-refractivity contribution in [1.82, 2.24) is 38.6 Å². The maximum Gasteiger partial charge on any atom is 0.338 e. The number of carbonyl (C=O) groups is 1. The molecule has 308 valence electrons. The number of halogens is 2. The summed E-state index contributed by atoms with van der Waals surface area (Å²) in [6.07, 6.45) is 8.76. The van der Waals surface area contributed by atoms with Crippen LogP contribution < -0.4 is 5.69 Å². The van der Waals surface area contributed by atoms with E-state index in [2.05, 4.69) is 23.3 Å². The van der Waals surface area contributed by atoms with Crippen LogP contribution in [-0.4, -0.2) is 63.7 Å². The highest BCUT2D eigenvalue weighted by molar-refractivity contribution is 6.00. The van der Waals surface area contributed by atoms with Gasteiger partial charge in [-0.05, 0) is 111 Å². The van der Waals surface area contributed by atoms with E-state index in [1.165, 1.54) is 27.1 Å². The van der Waals surface area contributed by atoms with Gasteiger partial charge < -0.3 is 9.64 Å². The molecule has 4 atom stereocenters. The number of fused-ring (bicyclic) bond motifs is 6. The van der Waals surface area contributed by atoms with Gasteiger partial charge in [-0.25, -0.2) is 18.3 Å². The number of aromatic nitrogens is 7. The highest BCUT2D eigenvalue weighted by Gasteiger charge is 2.57. The third-order valence-corrected chi connectivity index (χ3v) is 13.9. The van der Waals surface area contributed by atoms with E-state index in [1.807, 2.05) is 24.0 Å². The third-order valence-electron chi connectivity index (χ3n) is 13.9. The molecular formula is C47H43F2N9O3. The molecule has 3 fully saturated rings. The molecule has 3 aromatic carbocycles. The first kappa shape index (κ1) is 37.5. The number of benzene rings is 3. The van der Waals surface area contributed by atoms with Crippen molar-refractivity contribution in [3.05, 3.63) is 128 Å². The number of ether oxygens (including phenoxy) is 1. The first-order valence-electron chi connectivity index (χ1n) is 21.0. The second-order valence-electron chi connectivity index (χ2n) is 17.5. The van der Waals surface area contributed by atoms with Crippen LogP contribution in [0.15, 0.2) is 71.9 Å².